The number of fused-ring (bicyclic) bond motifs is 1. The van der Waals surface area contributed by atoms with E-state index in [1.807, 2.05) is 22.6 Å². The fourth-order valence-corrected chi connectivity index (χ4v) is 8.09. The van der Waals surface area contributed by atoms with Crippen molar-refractivity contribution in [1.29, 1.82) is 0 Å². The Hall–Kier alpha value is -4.11. The highest BCUT2D eigenvalue weighted by molar-refractivity contribution is 14.1. The average Bonchev–Trinajstić information content (AvgIpc) is 3.51. The minimum Gasteiger partial charge on any atom is -0.497 e. The van der Waals surface area contributed by atoms with Crippen molar-refractivity contribution < 1.29 is 52.0 Å². The van der Waals surface area contributed by atoms with E-state index in [0.29, 0.717) is 21.3 Å². The molecule has 1 aromatic heterocycles. The molecule has 19 heteroatoms. The lowest BCUT2D eigenvalue weighted by Crippen LogP contribution is -2.74. The summed E-state index contributed by atoms with van der Waals surface area (Å²) in [6.45, 7) is 12.8. The van der Waals surface area contributed by atoms with Crippen LogP contribution in [-0.4, -0.2) is 95.2 Å². The molecule has 53 heavy (non-hydrogen) atoms. The number of hydrogen-bond acceptors (Lipinski definition) is 14. The Bertz CT molecular complexity index is 1850. The van der Waals surface area contributed by atoms with Crippen LogP contribution in [0.15, 0.2) is 46.1 Å². The maximum absolute atomic E-state index is 13.9. The predicted molar refractivity (Wildman–Crippen MR) is 204 cm³/mol. The number of ether oxygens (including phenoxy) is 4. The third-order valence-electron chi connectivity index (χ3n) is 7.20. The van der Waals surface area contributed by atoms with Gasteiger partial charge in [-0.2, -0.15) is 0 Å². The first-order valence-electron chi connectivity index (χ1n) is 16.2. The maximum Gasteiger partial charge on any atom is 0.413 e. The molecule has 0 aliphatic carbocycles. The van der Waals surface area contributed by atoms with E-state index >= 15 is 0 Å². The number of nitrogens with zero attached hydrogens (tertiary/aromatic N) is 3. The molecule has 3 atom stereocenters. The molecule has 3 heterocycles. The van der Waals surface area contributed by atoms with Crippen LogP contribution in [0.4, 0.5) is 9.93 Å². The Morgan fingerprint density at radius 1 is 1.04 bits per heavy atom. The molecule has 1 saturated heterocycles. The van der Waals surface area contributed by atoms with Crippen molar-refractivity contribution in [2.45, 2.75) is 90.2 Å². The molecule has 2 aliphatic heterocycles. The van der Waals surface area contributed by atoms with Gasteiger partial charge in [0.05, 0.1) is 23.7 Å². The summed E-state index contributed by atoms with van der Waals surface area (Å²) in [4.78, 5) is 77.1. The summed E-state index contributed by atoms with van der Waals surface area (Å²) < 4.78 is 35.2. The number of methoxy groups -OCH3 is 1. The number of carbonyl (C=O) groups is 5. The average molecular weight is 888 g/mol. The smallest absolute Gasteiger partial charge is 0.413 e. The summed E-state index contributed by atoms with van der Waals surface area (Å²) in [6.07, 6.45) is -0.791. The second-order valence-electron chi connectivity index (χ2n) is 14.3. The number of rotatable bonds is 12. The van der Waals surface area contributed by atoms with Crippen molar-refractivity contribution in [2.24, 2.45) is 5.16 Å². The molecule has 2 N–H and O–H groups in total. The number of alkyl halides is 1. The third kappa shape index (κ3) is 10.5. The van der Waals surface area contributed by atoms with Crippen molar-refractivity contribution in [2.75, 3.05) is 22.6 Å². The van der Waals surface area contributed by atoms with Crippen molar-refractivity contribution >= 4 is 85.4 Å². The molecule has 2 aromatic rings. The predicted octanol–water partition coefficient (Wildman–Crippen LogP) is 4.19. The third-order valence-corrected chi connectivity index (χ3v) is 10.5. The number of nitrogens with one attached hydrogen (secondary N) is 2. The van der Waals surface area contributed by atoms with Gasteiger partial charge in [-0.15, -0.1) is 11.3 Å². The van der Waals surface area contributed by atoms with E-state index in [9.17, 15) is 28.2 Å². The molecular weight excluding hydrogens is 845 g/mol. The lowest BCUT2D eigenvalue weighted by molar-refractivity contribution is -0.179. The fraction of sp³-hybridized carbons (Fsp3) is 0.500. The van der Waals surface area contributed by atoms with Gasteiger partial charge in [0.2, 0.25) is 5.60 Å². The van der Waals surface area contributed by atoms with Crippen LogP contribution in [0.25, 0.3) is 0 Å². The number of esters is 2. The van der Waals surface area contributed by atoms with Crippen LogP contribution >= 0.6 is 33.9 Å². The molecular formula is C34H42IN5O11S2. The number of halogens is 1. The quantitative estimate of drug-likeness (QED) is 0.0587. The van der Waals surface area contributed by atoms with Gasteiger partial charge in [0.15, 0.2) is 10.8 Å². The molecule has 1 fully saturated rings. The van der Waals surface area contributed by atoms with Crippen LogP contribution in [0.5, 0.6) is 5.75 Å². The Labute approximate surface area is 326 Å². The molecule has 0 bridgehead atoms. The number of carbonyl (C=O) groups excluding carboxylic acids is 5. The van der Waals surface area contributed by atoms with Crippen LogP contribution in [0.1, 0.15) is 66.6 Å². The van der Waals surface area contributed by atoms with Crippen LogP contribution in [0.2, 0.25) is 0 Å². The normalized spacial score (nSPS) is 19.1. The van der Waals surface area contributed by atoms with Crippen molar-refractivity contribution in [1.82, 2.24) is 15.2 Å². The first-order valence-corrected chi connectivity index (χ1v) is 20.0. The molecule has 288 valence electrons. The largest absolute Gasteiger partial charge is 0.497 e. The molecule has 2 aliphatic rings. The monoisotopic (exact) mass is 887 g/mol. The summed E-state index contributed by atoms with van der Waals surface area (Å²) in [7, 11) is -0.176. The Morgan fingerprint density at radius 2 is 1.68 bits per heavy atom. The van der Waals surface area contributed by atoms with E-state index in [1.165, 1.54) is 26.3 Å². The summed E-state index contributed by atoms with van der Waals surface area (Å²) in [5.74, 6) is -2.62. The van der Waals surface area contributed by atoms with E-state index in [1.54, 1.807) is 65.8 Å². The van der Waals surface area contributed by atoms with Gasteiger partial charge in [0, 0.05) is 9.81 Å². The highest BCUT2D eigenvalue weighted by atomic mass is 127. The number of oxime groups is 1. The topological polar surface area (TPSA) is 201 Å². The zero-order valence-corrected chi connectivity index (χ0v) is 34.5. The zero-order chi connectivity index (χ0) is 39.5. The van der Waals surface area contributed by atoms with Crippen molar-refractivity contribution in [3.63, 3.8) is 0 Å². The number of hydrogen-bond donors (Lipinski definition) is 2. The summed E-state index contributed by atoms with van der Waals surface area (Å²) in [5, 5.41) is 9.36. The minimum absolute atomic E-state index is 0.0262. The molecule has 4 rings (SSSR count). The number of anilines is 1. The Morgan fingerprint density at radius 3 is 2.26 bits per heavy atom. The minimum atomic E-state index is -1.71. The fourth-order valence-electron chi connectivity index (χ4n) is 4.73. The van der Waals surface area contributed by atoms with Gasteiger partial charge >= 0.3 is 18.0 Å². The summed E-state index contributed by atoms with van der Waals surface area (Å²) >= 11 is 2.97. The molecule has 3 amide bonds. The molecule has 1 aromatic carbocycles. The second kappa shape index (κ2) is 16.5. The SMILES string of the molecule is COc1ccc(COC(=O)C2=C(CI)CS(=O)[C@@H]3[C@H](NC(=O)/C(=N/OC(C)(C)C(=O)OC(C)(C)C)c4csc(NC(=O)OC(C)(C)C)n4)C(=O)N23)cc1. The zero-order valence-electron chi connectivity index (χ0n) is 30.7. The van der Waals surface area contributed by atoms with Gasteiger partial charge in [-0.25, -0.2) is 19.4 Å². The molecule has 0 saturated carbocycles. The van der Waals surface area contributed by atoms with E-state index in [4.69, 9.17) is 23.8 Å². The highest BCUT2D eigenvalue weighted by Crippen LogP contribution is 2.36. The molecule has 16 nitrogen and oxygen atoms in total. The Balaban J connectivity index is 1.58. The molecule has 0 radical (unpaired) electrons. The van der Waals surface area contributed by atoms with Crippen molar-refractivity contribution in [3.05, 3.63) is 52.2 Å². The lowest BCUT2D eigenvalue weighted by atomic mass is 10.0. The number of amides is 3. The van der Waals surface area contributed by atoms with Gasteiger partial charge in [-0.3, -0.25) is 24.0 Å². The molecule has 1 unspecified atom stereocenters. The van der Waals surface area contributed by atoms with Crippen LogP contribution in [0, 0.1) is 0 Å². The van der Waals surface area contributed by atoms with E-state index in [2.05, 4.69) is 20.8 Å². The number of benzene rings is 1. The summed E-state index contributed by atoms with van der Waals surface area (Å²) in [5.41, 5.74) is -2.75. The lowest BCUT2D eigenvalue weighted by Gasteiger charge is -2.49. The van der Waals surface area contributed by atoms with E-state index < -0.39 is 74.6 Å². The van der Waals surface area contributed by atoms with Gasteiger partial charge in [0.25, 0.3) is 11.8 Å². The van der Waals surface area contributed by atoms with Crippen LogP contribution < -0.4 is 15.4 Å². The van der Waals surface area contributed by atoms with Crippen LogP contribution in [0.3, 0.4) is 0 Å². The maximum atomic E-state index is 13.9. The van der Waals surface area contributed by atoms with Crippen LogP contribution in [-0.2, 0) is 55.6 Å². The second-order valence-corrected chi connectivity index (χ2v) is 17.4. The first kappa shape index (κ1) is 41.6. The van der Waals surface area contributed by atoms with Crippen molar-refractivity contribution in [3.8, 4) is 5.75 Å². The Kier molecular flexibility index (Phi) is 13.0. The summed E-state index contributed by atoms with van der Waals surface area (Å²) in [6, 6.07) is 5.57. The number of thiazole rings is 1. The van der Waals surface area contributed by atoms with E-state index in [0.717, 1.165) is 16.2 Å². The highest BCUT2D eigenvalue weighted by Gasteiger charge is 2.57. The van der Waals surface area contributed by atoms with E-state index in [-0.39, 0.29) is 28.9 Å². The van der Waals surface area contributed by atoms with Gasteiger partial charge in [0.1, 0.15) is 46.4 Å². The van der Waals surface area contributed by atoms with Gasteiger partial charge in [-0.1, -0.05) is 39.9 Å². The molecule has 0 spiro atoms. The first-order chi connectivity index (χ1) is 24.6. The van der Waals surface area contributed by atoms with Gasteiger partial charge in [-0.05, 0) is 78.7 Å². The number of β-lactam (4-membered cyclic amide) rings is 1. The standard InChI is InChI=1S/C34H42IN5O11S2/c1-32(2,3)49-29(44)34(7,8)51-39-22(21-16-52-30(36-21)38-31(45)50-33(4,5)6)25(41)37-23-26(42)40-24(19(14-35)17-53(46)27(23)40)28(43)48-15-18-10-12-20(47-9)13-11-18/h10-13,16,23,27H,14-15,17H2,1-9H3,(H,37,41)(H,36,38,45)/b39-22+/t23-,27-,53?/m1/s1. The van der Waals surface area contributed by atoms with Gasteiger partial charge < -0.3 is 29.1 Å². The number of aromatic nitrogens is 1.